The SMILES string of the molecule is CC(C)NC(=O)C(N)C1C2CC3CC(C2)CC1C3. The summed E-state index contributed by atoms with van der Waals surface area (Å²) in [5, 5.41) is 2.99. The van der Waals surface area contributed by atoms with Gasteiger partial charge < -0.3 is 11.1 Å². The van der Waals surface area contributed by atoms with Gasteiger partial charge >= 0.3 is 0 Å². The molecule has 3 nitrogen and oxygen atoms in total. The molecule has 4 rings (SSSR count). The van der Waals surface area contributed by atoms with Crippen molar-refractivity contribution in [1.82, 2.24) is 5.32 Å². The quantitative estimate of drug-likeness (QED) is 0.804. The topological polar surface area (TPSA) is 55.1 Å². The number of nitrogens with two attached hydrogens (primary N) is 1. The van der Waals surface area contributed by atoms with Crippen LogP contribution in [0.5, 0.6) is 0 Å². The second-order valence-electron chi connectivity index (χ2n) is 7.20. The highest BCUT2D eigenvalue weighted by molar-refractivity contribution is 5.82. The summed E-state index contributed by atoms with van der Waals surface area (Å²) < 4.78 is 0. The number of nitrogens with one attached hydrogen (secondary N) is 1. The van der Waals surface area contributed by atoms with Crippen LogP contribution in [0.4, 0.5) is 0 Å². The Balaban J connectivity index is 1.70. The van der Waals surface area contributed by atoms with E-state index in [1.165, 1.54) is 32.1 Å². The summed E-state index contributed by atoms with van der Waals surface area (Å²) in [6.07, 6.45) is 6.79. The summed E-state index contributed by atoms with van der Waals surface area (Å²) in [4.78, 5) is 12.1. The number of carbonyl (C=O) groups is 1. The molecule has 0 aromatic carbocycles. The lowest BCUT2D eigenvalue weighted by molar-refractivity contribution is -0.129. The second kappa shape index (κ2) is 4.52. The zero-order chi connectivity index (χ0) is 12.9. The lowest BCUT2D eigenvalue weighted by Crippen LogP contribution is -2.57. The van der Waals surface area contributed by atoms with Crippen LogP contribution in [0.3, 0.4) is 0 Å². The number of amides is 1. The van der Waals surface area contributed by atoms with E-state index in [1.807, 2.05) is 13.8 Å². The first-order valence-corrected chi connectivity index (χ1v) is 7.60. The summed E-state index contributed by atoms with van der Waals surface area (Å²) >= 11 is 0. The normalized spacial score (nSPS) is 43.2. The van der Waals surface area contributed by atoms with Crippen molar-refractivity contribution in [3.05, 3.63) is 0 Å². The van der Waals surface area contributed by atoms with Gasteiger partial charge in [0.2, 0.25) is 5.91 Å². The van der Waals surface area contributed by atoms with Crippen LogP contribution >= 0.6 is 0 Å². The molecule has 4 aliphatic carbocycles. The molecule has 0 heterocycles. The average molecular weight is 250 g/mol. The van der Waals surface area contributed by atoms with E-state index in [-0.39, 0.29) is 18.0 Å². The van der Waals surface area contributed by atoms with E-state index < -0.39 is 0 Å². The van der Waals surface area contributed by atoms with Gasteiger partial charge in [0.15, 0.2) is 0 Å². The molecule has 102 valence electrons. The van der Waals surface area contributed by atoms with Crippen molar-refractivity contribution in [3.63, 3.8) is 0 Å². The van der Waals surface area contributed by atoms with E-state index in [9.17, 15) is 4.79 Å². The van der Waals surface area contributed by atoms with E-state index in [0.29, 0.717) is 5.92 Å². The molecule has 18 heavy (non-hydrogen) atoms. The predicted molar refractivity (Wildman–Crippen MR) is 71.8 cm³/mol. The van der Waals surface area contributed by atoms with Gasteiger partial charge in [-0.15, -0.1) is 0 Å². The van der Waals surface area contributed by atoms with Gasteiger partial charge in [-0.05, 0) is 75.5 Å². The molecule has 0 aromatic rings. The first-order chi connectivity index (χ1) is 8.54. The van der Waals surface area contributed by atoms with Gasteiger partial charge in [-0.25, -0.2) is 0 Å². The third kappa shape index (κ3) is 2.07. The first kappa shape index (κ1) is 12.5. The number of carbonyl (C=O) groups excluding carboxylic acids is 1. The Kier molecular flexibility index (Phi) is 3.13. The Morgan fingerprint density at radius 2 is 1.56 bits per heavy atom. The third-order valence-electron chi connectivity index (χ3n) is 5.45. The molecule has 3 heteroatoms. The fourth-order valence-corrected chi connectivity index (χ4v) is 5.11. The Morgan fingerprint density at radius 3 is 2.00 bits per heavy atom. The first-order valence-electron chi connectivity index (χ1n) is 7.60. The molecule has 0 aromatic heterocycles. The molecule has 0 aliphatic heterocycles. The minimum absolute atomic E-state index is 0.0717. The Labute approximate surface area is 110 Å². The fraction of sp³-hybridized carbons (Fsp3) is 0.933. The molecule has 4 saturated carbocycles. The minimum atomic E-state index is -0.276. The second-order valence-corrected chi connectivity index (χ2v) is 7.20. The van der Waals surface area contributed by atoms with Gasteiger partial charge in [0, 0.05) is 6.04 Å². The maximum absolute atomic E-state index is 12.1. The van der Waals surface area contributed by atoms with Crippen LogP contribution in [0.25, 0.3) is 0 Å². The van der Waals surface area contributed by atoms with Crippen LogP contribution in [0.15, 0.2) is 0 Å². The molecule has 1 unspecified atom stereocenters. The van der Waals surface area contributed by atoms with Crippen LogP contribution in [0, 0.1) is 29.6 Å². The molecule has 0 spiro atoms. The Bertz CT molecular complexity index is 311. The van der Waals surface area contributed by atoms with Crippen molar-refractivity contribution >= 4 is 5.91 Å². The van der Waals surface area contributed by atoms with Crippen LogP contribution in [-0.4, -0.2) is 18.0 Å². The van der Waals surface area contributed by atoms with Gasteiger partial charge in [0.25, 0.3) is 0 Å². The average Bonchev–Trinajstić information content (AvgIpc) is 2.26. The Morgan fingerprint density at radius 1 is 1.06 bits per heavy atom. The highest BCUT2D eigenvalue weighted by atomic mass is 16.2. The van der Waals surface area contributed by atoms with E-state index in [2.05, 4.69) is 5.32 Å². The number of hydrogen-bond donors (Lipinski definition) is 2. The highest BCUT2D eigenvalue weighted by Gasteiger charge is 2.51. The highest BCUT2D eigenvalue weighted by Crippen LogP contribution is 2.57. The lowest BCUT2D eigenvalue weighted by atomic mass is 9.50. The van der Waals surface area contributed by atoms with E-state index in [0.717, 1.165) is 23.7 Å². The van der Waals surface area contributed by atoms with Crippen molar-refractivity contribution in [2.45, 2.75) is 58.0 Å². The van der Waals surface area contributed by atoms with Gasteiger partial charge in [-0.3, -0.25) is 4.79 Å². The number of hydrogen-bond acceptors (Lipinski definition) is 2. The van der Waals surface area contributed by atoms with E-state index in [4.69, 9.17) is 5.73 Å². The molecular weight excluding hydrogens is 224 g/mol. The van der Waals surface area contributed by atoms with Crippen molar-refractivity contribution in [3.8, 4) is 0 Å². The zero-order valence-electron chi connectivity index (χ0n) is 11.6. The van der Waals surface area contributed by atoms with Gasteiger partial charge in [0.1, 0.15) is 0 Å². The van der Waals surface area contributed by atoms with Crippen molar-refractivity contribution in [2.75, 3.05) is 0 Å². The summed E-state index contributed by atoms with van der Waals surface area (Å²) in [7, 11) is 0. The summed E-state index contributed by atoms with van der Waals surface area (Å²) in [5.41, 5.74) is 6.28. The van der Waals surface area contributed by atoms with E-state index >= 15 is 0 Å². The van der Waals surface area contributed by atoms with Gasteiger partial charge in [-0.2, -0.15) is 0 Å². The smallest absolute Gasteiger partial charge is 0.237 e. The van der Waals surface area contributed by atoms with Gasteiger partial charge in [-0.1, -0.05) is 0 Å². The molecule has 4 aliphatic rings. The van der Waals surface area contributed by atoms with Crippen LogP contribution < -0.4 is 11.1 Å². The standard InChI is InChI=1S/C15H26N2O/c1-8(2)17-15(18)14(16)13-11-4-9-3-10(6-11)7-12(13)5-9/h8-14H,3-7,16H2,1-2H3,(H,17,18). The van der Waals surface area contributed by atoms with Crippen LogP contribution in [-0.2, 0) is 4.79 Å². The number of rotatable bonds is 3. The lowest BCUT2D eigenvalue weighted by Gasteiger charge is -2.55. The largest absolute Gasteiger partial charge is 0.353 e. The summed E-state index contributed by atoms with van der Waals surface area (Å²) in [5.74, 6) is 3.88. The summed E-state index contributed by atoms with van der Waals surface area (Å²) in [6.45, 7) is 4.00. The predicted octanol–water partition coefficient (Wildman–Crippen LogP) is 1.91. The maximum Gasteiger partial charge on any atom is 0.237 e. The fourth-order valence-electron chi connectivity index (χ4n) is 5.11. The zero-order valence-corrected chi connectivity index (χ0v) is 11.6. The molecule has 1 amide bonds. The van der Waals surface area contributed by atoms with Crippen molar-refractivity contribution in [2.24, 2.45) is 35.3 Å². The molecular formula is C15H26N2O. The molecule has 0 saturated heterocycles. The maximum atomic E-state index is 12.1. The van der Waals surface area contributed by atoms with Crippen molar-refractivity contribution in [1.29, 1.82) is 0 Å². The van der Waals surface area contributed by atoms with Crippen molar-refractivity contribution < 1.29 is 4.79 Å². The summed E-state index contributed by atoms with van der Waals surface area (Å²) in [6, 6.07) is -0.0808. The van der Waals surface area contributed by atoms with Gasteiger partial charge in [0.05, 0.1) is 6.04 Å². The molecule has 4 bridgehead atoms. The third-order valence-corrected chi connectivity index (χ3v) is 5.45. The Hall–Kier alpha value is -0.570. The van der Waals surface area contributed by atoms with Crippen LogP contribution in [0.1, 0.15) is 46.0 Å². The molecule has 4 fully saturated rings. The minimum Gasteiger partial charge on any atom is -0.353 e. The molecule has 3 N–H and O–H groups in total. The van der Waals surface area contributed by atoms with Crippen LogP contribution in [0.2, 0.25) is 0 Å². The molecule has 1 atom stereocenters. The monoisotopic (exact) mass is 250 g/mol. The molecule has 0 radical (unpaired) electrons. The van der Waals surface area contributed by atoms with E-state index in [1.54, 1.807) is 0 Å².